The molecule has 0 radical (unpaired) electrons. The molecule has 1 aliphatic rings. The molecule has 1 fully saturated rings. The average Bonchev–Trinajstić information content (AvgIpc) is 3.49. The number of halogens is 1. The lowest BCUT2D eigenvalue weighted by atomic mass is 10.1. The van der Waals surface area contributed by atoms with Crippen molar-refractivity contribution in [1.29, 1.82) is 0 Å². The van der Waals surface area contributed by atoms with Crippen molar-refractivity contribution >= 4 is 40.5 Å². The molecule has 4 heterocycles. The summed E-state index contributed by atoms with van der Waals surface area (Å²) in [6, 6.07) is 31.1. The summed E-state index contributed by atoms with van der Waals surface area (Å²) >= 11 is 6.26. The number of piperidine rings is 1. The molecule has 0 unspecified atom stereocenters. The van der Waals surface area contributed by atoms with Gasteiger partial charge >= 0.3 is 0 Å². The Kier molecular flexibility index (Phi) is 8.92. The number of nitrogens with zero attached hydrogens (tertiary/aromatic N) is 5. The van der Waals surface area contributed by atoms with Gasteiger partial charge in [-0.1, -0.05) is 54.1 Å². The maximum absolute atomic E-state index is 13.0. The van der Waals surface area contributed by atoms with Crippen molar-refractivity contribution in [2.75, 3.05) is 30.3 Å². The second-order valence-corrected chi connectivity index (χ2v) is 12.2. The summed E-state index contributed by atoms with van der Waals surface area (Å²) in [5.74, 6) is 0.201. The Hall–Kier alpha value is -5.09. The van der Waals surface area contributed by atoms with Crippen molar-refractivity contribution in [2.45, 2.75) is 25.3 Å². The first-order chi connectivity index (χ1) is 23.0. The zero-order valence-corrected chi connectivity index (χ0v) is 26.6. The number of rotatable bonds is 9. The monoisotopic (exact) mass is 642 g/mol. The number of anilines is 3. The van der Waals surface area contributed by atoms with Gasteiger partial charge in [0, 0.05) is 41.9 Å². The van der Waals surface area contributed by atoms with Crippen LogP contribution >= 0.6 is 11.6 Å². The molecular weight excluding hydrogens is 608 g/mol. The number of hydrogen-bond donors (Lipinski definition) is 3. The zero-order valence-electron chi connectivity index (χ0n) is 25.8. The topological polar surface area (TPSA) is 113 Å². The third-order valence-corrected chi connectivity index (χ3v) is 8.83. The zero-order chi connectivity index (χ0) is 32.2. The summed E-state index contributed by atoms with van der Waals surface area (Å²) in [6.07, 6.45) is 6.87. The van der Waals surface area contributed by atoms with E-state index < -0.39 is 0 Å². The Labute approximate surface area is 278 Å². The van der Waals surface area contributed by atoms with Crippen LogP contribution in [0.15, 0.2) is 109 Å². The molecule has 0 saturated carbocycles. The summed E-state index contributed by atoms with van der Waals surface area (Å²) in [5.41, 5.74) is 13.2. The van der Waals surface area contributed by atoms with Gasteiger partial charge in [-0.2, -0.15) is 0 Å². The summed E-state index contributed by atoms with van der Waals surface area (Å²) in [6.45, 7) is 3.20. The predicted octanol–water partition coefficient (Wildman–Crippen LogP) is 7.07. The van der Waals surface area contributed by atoms with Crippen molar-refractivity contribution in [3.8, 4) is 22.6 Å². The van der Waals surface area contributed by atoms with Crippen LogP contribution in [-0.2, 0) is 6.42 Å². The molecule has 236 valence electrons. The van der Waals surface area contributed by atoms with Gasteiger partial charge < -0.3 is 21.3 Å². The largest absolute Gasteiger partial charge is 0.328 e. The van der Waals surface area contributed by atoms with Gasteiger partial charge in [0.2, 0.25) is 5.95 Å². The number of aromatic nitrogens is 4. The summed E-state index contributed by atoms with van der Waals surface area (Å²) in [5, 5.41) is 6.73. The molecule has 0 spiro atoms. The molecule has 6 aromatic rings. The molecular formula is C37H35ClN8O. The number of imidazole rings is 1. The summed E-state index contributed by atoms with van der Waals surface area (Å²) < 4.78 is 2.02. The molecule has 3 aromatic heterocycles. The second-order valence-electron chi connectivity index (χ2n) is 11.8. The molecule has 7 rings (SSSR count). The number of hydrogen-bond acceptors (Lipinski definition) is 7. The Morgan fingerprint density at radius 2 is 1.70 bits per heavy atom. The van der Waals surface area contributed by atoms with E-state index in [0.717, 1.165) is 67.2 Å². The number of benzene rings is 3. The van der Waals surface area contributed by atoms with E-state index in [0.29, 0.717) is 34.0 Å². The Balaban J connectivity index is 1.12. The Bertz CT molecular complexity index is 2020. The number of likely N-dealkylation sites (tertiary alicyclic amines) is 1. The van der Waals surface area contributed by atoms with Crippen LogP contribution in [-0.4, -0.2) is 55.8 Å². The second kappa shape index (κ2) is 13.7. The van der Waals surface area contributed by atoms with E-state index in [-0.39, 0.29) is 5.91 Å². The number of carbonyl (C=O) groups excluding carboxylic acids is 1. The SMILES string of the molecule is NC1CCN(CCc2ccc(Nc3nccc(-c4c(-c5cccc(NC(=O)c6ccccc6Cl)c5)nc5ccccn45)n3)cc2)CC1. The van der Waals surface area contributed by atoms with Crippen LogP contribution in [0.25, 0.3) is 28.3 Å². The van der Waals surface area contributed by atoms with Crippen LogP contribution in [0.2, 0.25) is 5.02 Å². The van der Waals surface area contributed by atoms with Gasteiger partial charge in [-0.3, -0.25) is 9.20 Å². The lowest BCUT2D eigenvalue weighted by Crippen LogP contribution is -2.40. The Morgan fingerprint density at radius 3 is 2.53 bits per heavy atom. The van der Waals surface area contributed by atoms with Crippen LogP contribution < -0.4 is 16.4 Å². The molecule has 4 N–H and O–H groups in total. The molecule has 0 bridgehead atoms. The van der Waals surface area contributed by atoms with E-state index in [1.807, 2.05) is 59.1 Å². The van der Waals surface area contributed by atoms with Crippen LogP contribution in [0, 0.1) is 0 Å². The van der Waals surface area contributed by atoms with Gasteiger partial charge in [0.1, 0.15) is 5.65 Å². The quantitative estimate of drug-likeness (QED) is 0.155. The molecule has 9 nitrogen and oxygen atoms in total. The van der Waals surface area contributed by atoms with Gasteiger partial charge in [-0.25, -0.2) is 15.0 Å². The number of nitrogens with two attached hydrogens (primary N) is 1. The van der Waals surface area contributed by atoms with Crippen molar-refractivity contribution in [2.24, 2.45) is 5.73 Å². The van der Waals surface area contributed by atoms with Gasteiger partial charge in [-0.05, 0) is 92.5 Å². The van der Waals surface area contributed by atoms with Crippen molar-refractivity contribution < 1.29 is 4.79 Å². The molecule has 0 aliphatic carbocycles. The molecule has 0 atom stereocenters. The van der Waals surface area contributed by atoms with E-state index in [9.17, 15) is 4.79 Å². The first-order valence-electron chi connectivity index (χ1n) is 15.8. The first kappa shape index (κ1) is 30.6. The molecule has 10 heteroatoms. The third-order valence-electron chi connectivity index (χ3n) is 8.50. The number of nitrogens with one attached hydrogen (secondary N) is 2. The van der Waals surface area contributed by atoms with Crippen molar-refractivity contribution in [3.05, 3.63) is 126 Å². The lowest BCUT2D eigenvalue weighted by Gasteiger charge is -2.29. The number of amides is 1. The van der Waals surface area contributed by atoms with Crippen LogP contribution in [0.1, 0.15) is 28.8 Å². The van der Waals surface area contributed by atoms with E-state index in [4.69, 9.17) is 27.3 Å². The lowest BCUT2D eigenvalue weighted by molar-refractivity contribution is 0.102. The highest BCUT2D eigenvalue weighted by molar-refractivity contribution is 6.34. The van der Waals surface area contributed by atoms with Crippen LogP contribution in [0.4, 0.5) is 17.3 Å². The van der Waals surface area contributed by atoms with Gasteiger partial charge in [0.25, 0.3) is 5.91 Å². The van der Waals surface area contributed by atoms with Gasteiger partial charge in [-0.15, -0.1) is 0 Å². The molecule has 47 heavy (non-hydrogen) atoms. The highest BCUT2D eigenvalue weighted by atomic mass is 35.5. The number of carbonyl (C=O) groups is 1. The fourth-order valence-electron chi connectivity index (χ4n) is 5.93. The van der Waals surface area contributed by atoms with E-state index >= 15 is 0 Å². The number of pyridine rings is 1. The molecule has 1 aliphatic heterocycles. The van der Waals surface area contributed by atoms with Crippen molar-refractivity contribution in [3.63, 3.8) is 0 Å². The average molecular weight is 643 g/mol. The van der Waals surface area contributed by atoms with Gasteiger partial charge in [0.15, 0.2) is 0 Å². The standard InChI is InChI=1S/C37H35ClN8O/c38-31-9-2-1-8-30(31)36(47)41-29-7-5-6-26(24-29)34-35(46-20-4-3-10-33(46)44-34)32-15-19-40-37(43-32)42-28-13-11-25(12-14-28)16-21-45-22-17-27(39)18-23-45/h1-15,19-20,24,27H,16-18,21-23,39H2,(H,41,47)(H,40,42,43). The highest BCUT2D eigenvalue weighted by Gasteiger charge is 2.19. The molecule has 1 saturated heterocycles. The Morgan fingerprint density at radius 1 is 0.894 bits per heavy atom. The maximum Gasteiger partial charge on any atom is 0.257 e. The minimum atomic E-state index is -0.283. The fourth-order valence-corrected chi connectivity index (χ4v) is 6.15. The van der Waals surface area contributed by atoms with E-state index in [1.165, 1.54) is 5.56 Å². The van der Waals surface area contributed by atoms with Crippen LogP contribution in [0.5, 0.6) is 0 Å². The highest BCUT2D eigenvalue weighted by Crippen LogP contribution is 2.33. The minimum Gasteiger partial charge on any atom is -0.328 e. The predicted molar refractivity (Wildman–Crippen MR) is 188 cm³/mol. The smallest absolute Gasteiger partial charge is 0.257 e. The van der Waals surface area contributed by atoms with E-state index in [1.54, 1.807) is 30.5 Å². The summed E-state index contributed by atoms with van der Waals surface area (Å²) in [4.78, 5) is 29.9. The fraction of sp³-hybridized carbons (Fsp3) is 0.189. The molecule has 3 aromatic carbocycles. The molecule has 1 amide bonds. The third kappa shape index (κ3) is 7.02. The minimum absolute atomic E-state index is 0.283. The van der Waals surface area contributed by atoms with Crippen LogP contribution in [0.3, 0.4) is 0 Å². The summed E-state index contributed by atoms with van der Waals surface area (Å²) in [7, 11) is 0. The van der Waals surface area contributed by atoms with Gasteiger partial charge in [0.05, 0.1) is 27.7 Å². The maximum atomic E-state index is 13.0. The first-order valence-corrected chi connectivity index (χ1v) is 16.2. The normalized spacial score (nSPS) is 13.9. The van der Waals surface area contributed by atoms with E-state index in [2.05, 4.69) is 44.8 Å². The number of fused-ring (bicyclic) bond motifs is 1. The van der Waals surface area contributed by atoms with Crippen molar-refractivity contribution in [1.82, 2.24) is 24.3 Å².